The van der Waals surface area contributed by atoms with Gasteiger partial charge in [0.1, 0.15) is 6.04 Å². The Morgan fingerprint density at radius 3 is 2.83 bits per heavy atom. The van der Waals surface area contributed by atoms with E-state index in [2.05, 4.69) is 15.4 Å². The summed E-state index contributed by atoms with van der Waals surface area (Å²) in [6.07, 6.45) is 4.94. The van der Waals surface area contributed by atoms with E-state index in [4.69, 9.17) is 0 Å². The van der Waals surface area contributed by atoms with Crippen LogP contribution in [-0.2, 0) is 9.59 Å². The lowest BCUT2D eigenvalue weighted by Crippen LogP contribution is -2.42. The first kappa shape index (κ1) is 15.5. The van der Waals surface area contributed by atoms with Gasteiger partial charge in [0.25, 0.3) is 0 Å². The van der Waals surface area contributed by atoms with E-state index in [1.54, 1.807) is 17.3 Å². The highest BCUT2D eigenvalue weighted by molar-refractivity contribution is 5.98. The molecule has 2 aromatic rings. The zero-order valence-electron chi connectivity index (χ0n) is 13.6. The van der Waals surface area contributed by atoms with Crippen molar-refractivity contribution in [1.82, 2.24) is 19.7 Å². The molecular formula is C16H21N5O2. The number of pyridine rings is 1. The van der Waals surface area contributed by atoms with Gasteiger partial charge in [0, 0.05) is 24.9 Å². The summed E-state index contributed by atoms with van der Waals surface area (Å²) in [6, 6.07) is 1.70. The number of carbonyl (C=O) groups is 2. The number of anilines is 1. The first-order valence-electron chi connectivity index (χ1n) is 7.88. The largest absolute Gasteiger partial charge is 0.331 e. The van der Waals surface area contributed by atoms with Crippen LogP contribution in [0.15, 0.2) is 18.5 Å². The lowest BCUT2D eigenvalue weighted by Gasteiger charge is -2.22. The summed E-state index contributed by atoms with van der Waals surface area (Å²) < 4.78 is 1.84. The van der Waals surface area contributed by atoms with Gasteiger partial charge >= 0.3 is 0 Å². The number of nitrogens with zero attached hydrogens (tertiary/aromatic N) is 4. The highest BCUT2D eigenvalue weighted by Gasteiger charge is 2.32. The van der Waals surface area contributed by atoms with Gasteiger partial charge in [-0.3, -0.25) is 9.59 Å². The molecule has 7 nitrogen and oxygen atoms in total. The molecule has 0 unspecified atom stereocenters. The monoisotopic (exact) mass is 315 g/mol. The minimum atomic E-state index is -0.387. The summed E-state index contributed by atoms with van der Waals surface area (Å²) in [6.45, 7) is 6.23. The molecule has 0 radical (unpaired) electrons. The topological polar surface area (TPSA) is 80.1 Å². The van der Waals surface area contributed by atoms with E-state index in [-0.39, 0.29) is 23.9 Å². The molecule has 3 rings (SSSR count). The number of aromatic nitrogens is 3. The van der Waals surface area contributed by atoms with E-state index in [1.807, 2.05) is 24.6 Å². The Kier molecular flexibility index (Phi) is 4.02. The second-order valence-corrected chi connectivity index (χ2v) is 6.18. The van der Waals surface area contributed by atoms with E-state index >= 15 is 0 Å². The van der Waals surface area contributed by atoms with E-state index in [0.29, 0.717) is 18.7 Å². The smallest absolute Gasteiger partial charge is 0.247 e. The van der Waals surface area contributed by atoms with Gasteiger partial charge in [-0.05, 0) is 32.8 Å². The molecule has 1 aliphatic heterocycles. The summed E-state index contributed by atoms with van der Waals surface area (Å²) in [5.74, 6) is -0.218. The van der Waals surface area contributed by atoms with Crippen LogP contribution in [0.25, 0.3) is 11.0 Å². The average Bonchev–Trinajstić information content (AvgIpc) is 3.13. The van der Waals surface area contributed by atoms with Gasteiger partial charge < -0.3 is 10.2 Å². The fraction of sp³-hybridized carbons (Fsp3) is 0.500. The van der Waals surface area contributed by atoms with Crippen molar-refractivity contribution in [1.29, 1.82) is 0 Å². The molecule has 1 saturated heterocycles. The molecule has 0 aromatic carbocycles. The summed E-state index contributed by atoms with van der Waals surface area (Å²) in [7, 11) is 0. The summed E-state index contributed by atoms with van der Waals surface area (Å²) in [5, 5.41) is 8.06. The molecule has 2 aromatic heterocycles. The molecule has 0 aliphatic carbocycles. The van der Waals surface area contributed by atoms with E-state index in [0.717, 1.165) is 17.5 Å². The van der Waals surface area contributed by atoms with Crippen LogP contribution in [0.4, 0.5) is 5.69 Å². The molecule has 0 bridgehead atoms. The van der Waals surface area contributed by atoms with Gasteiger partial charge in [-0.1, -0.05) is 0 Å². The maximum Gasteiger partial charge on any atom is 0.247 e. The van der Waals surface area contributed by atoms with Crippen molar-refractivity contribution in [3.05, 3.63) is 18.5 Å². The van der Waals surface area contributed by atoms with Crippen LogP contribution in [0.1, 0.15) is 39.7 Å². The van der Waals surface area contributed by atoms with Crippen molar-refractivity contribution >= 4 is 28.5 Å². The normalized spacial score (nSPS) is 17.9. The number of nitrogens with one attached hydrogen (secondary N) is 1. The quantitative estimate of drug-likeness (QED) is 0.939. The maximum absolute atomic E-state index is 12.4. The van der Waals surface area contributed by atoms with Crippen molar-refractivity contribution in [2.45, 2.75) is 45.7 Å². The molecular weight excluding hydrogens is 294 g/mol. The third-order valence-electron chi connectivity index (χ3n) is 4.15. The number of hydrogen-bond acceptors (Lipinski definition) is 4. The molecule has 7 heteroatoms. The number of likely N-dealkylation sites (tertiary alicyclic amines) is 1. The third-order valence-corrected chi connectivity index (χ3v) is 4.15. The molecule has 1 aliphatic rings. The molecule has 122 valence electrons. The third kappa shape index (κ3) is 2.91. The van der Waals surface area contributed by atoms with Crippen LogP contribution in [-0.4, -0.2) is 44.1 Å². The molecule has 1 fully saturated rings. The predicted molar refractivity (Wildman–Crippen MR) is 87.0 cm³/mol. The number of rotatable bonds is 3. The van der Waals surface area contributed by atoms with Gasteiger partial charge in [-0.15, -0.1) is 0 Å². The molecule has 1 N–H and O–H groups in total. The molecule has 2 amide bonds. The molecule has 0 spiro atoms. The van der Waals surface area contributed by atoms with Gasteiger partial charge in [-0.25, -0.2) is 9.67 Å². The summed E-state index contributed by atoms with van der Waals surface area (Å²) >= 11 is 0. The van der Waals surface area contributed by atoms with Gasteiger partial charge in [0.15, 0.2) is 5.65 Å². The standard InChI is InChI=1S/C16H21N5O2/c1-10(2)21-15-12(8-18-21)7-13(9-17-15)19-16(23)14-5-4-6-20(14)11(3)22/h7-10,14H,4-6H2,1-3H3,(H,19,23)/t14-/m1/s1. The fourth-order valence-electron chi connectivity index (χ4n) is 3.03. The Bertz CT molecular complexity index is 752. The summed E-state index contributed by atoms with van der Waals surface area (Å²) in [5.41, 5.74) is 1.42. The predicted octanol–water partition coefficient (Wildman–Crippen LogP) is 1.96. The second-order valence-electron chi connectivity index (χ2n) is 6.18. The van der Waals surface area contributed by atoms with Gasteiger partial charge in [0.05, 0.1) is 18.1 Å². The SMILES string of the molecule is CC(=O)N1CCC[C@@H]1C(=O)Nc1cnc2c(cnn2C(C)C)c1. The minimum absolute atomic E-state index is 0.0607. The van der Waals surface area contributed by atoms with Crippen LogP contribution < -0.4 is 5.32 Å². The molecule has 0 saturated carbocycles. The Morgan fingerprint density at radius 2 is 2.13 bits per heavy atom. The van der Waals surface area contributed by atoms with Crippen LogP contribution in [0.3, 0.4) is 0 Å². The fourth-order valence-corrected chi connectivity index (χ4v) is 3.03. The second kappa shape index (κ2) is 5.98. The van der Waals surface area contributed by atoms with Crippen molar-refractivity contribution in [2.24, 2.45) is 0 Å². The number of hydrogen-bond donors (Lipinski definition) is 1. The highest BCUT2D eigenvalue weighted by Crippen LogP contribution is 2.22. The lowest BCUT2D eigenvalue weighted by molar-refractivity contribution is -0.134. The van der Waals surface area contributed by atoms with Crippen molar-refractivity contribution in [3.8, 4) is 0 Å². The van der Waals surface area contributed by atoms with Crippen molar-refractivity contribution in [2.75, 3.05) is 11.9 Å². The van der Waals surface area contributed by atoms with Crippen LogP contribution in [0, 0.1) is 0 Å². The van der Waals surface area contributed by atoms with E-state index in [1.165, 1.54) is 6.92 Å². The van der Waals surface area contributed by atoms with Crippen molar-refractivity contribution < 1.29 is 9.59 Å². The number of fused-ring (bicyclic) bond motifs is 1. The molecule has 3 heterocycles. The zero-order valence-corrected chi connectivity index (χ0v) is 13.6. The van der Waals surface area contributed by atoms with Crippen LogP contribution >= 0.6 is 0 Å². The van der Waals surface area contributed by atoms with Gasteiger partial charge in [0.2, 0.25) is 11.8 Å². The Balaban J connectivity index is 1.79. The lowest BCUT2D eigenvalue weighted by atomic mass is 10.2. The number of amides is 2. The number of carbonyl (C=O) groups excluding carboxylic acids is 2. The average molecular weight is 315 g/mol. The minimum Gasteiger partial charge on any atom is -0.331 e. The summed E-state index contributed by atoms with van der Waals surface area (Å²) in [4.78, 5) is 30.0. The molecule has 23 heavy (non-hydrogen) atoms. The zero-order chi connectivity index (χ0) is 16.6. The Hall–Kier alpha value is -2.44. The van der Waals surface area contributed by atoms with Gasteiger partial charge in [-0.2, -0.15) is 5.10 Å². The Morgan fingerprint density at radius 1 is 1.35 bits per heavy atom. The Labute approximate surface area is 134 Å². The highest BCUT2D eigenvalue weighted by atomic mass is 16.2. The van der Waals surface area contributed by atoms with Crippen LogP contribution in [0.5, 0.6) is 0 Å². The first-order chi connectivity index (χ1) is 11.0. The van der Waals surface area contributed by atoms with Crippen LogP contribution in [0.2, 0.25) is 0 Å². The molecule has 1 atom stereocenters. The first-order valence-corrected chi connectivity index (χ1v) is 7.88. The van der Waals surface area contributed by atoms with E-state index in [9.17, 15) is 9.59 Å². The maximum atomic E-state index is 12.4. The van der Waals surface area contributed by atoms with Crippen molar-refractivity contribution in [3.63, 3.8) is 0 Å². The van der Waals surface area contributed by atoms with E-state index < -0.39 is 0 Å².